The molecule has 0 aromatic carbocycles. The normalized spacial score (nSPS) is 14.3. The van der Waals surface area contributed by atoms with Crippen molar-refractivity contribution < 1.29 is 37.3 Å². The Morgan fingerprint density at radius 2 is 1.24 bits per heavy atom. The summed E-state index contributed by atoms with van der Waals surface area (Å²) in [5, 5.41) is 0. The molecule has 9 heteroatoms. The number of allylic oxidation sites excluding steroid dienone is 2. The van der Waals surface area contributed by atoms with Gasteiger partial charge >= 0.3 is 5.97 Å². The van der Waals surface area contributed by atoms with E-state index in [0.29, 0.717) is 24.1 Å². The van der Waals surface area contributed by atoms with Crippen LogP contribution in [-0.4, -0.2) is 70.7 Å². The standard InChI is InChI=1S/C33H66NO7P/c1-6-8-10-12-14-15-16-17-18-19-20-22-24-26-33(35)41-32(30-38-28-25-23-21-13-11-9-7-2)31-40-42(36,37)39-29-27-34(3,4)5/h15-16,32H,6-14,17-31H2,1-5H3/b16-15-. The number of ether oxygens (including phenoxy) is 2. The van der Waals surface area contributed by atoms with Gasteiger partial charge in [0.05, 0.1) is 34.4 Å². The first-order valence-electron chi connectivity index (χ1n) is 16.9. The second kappa shape index (κ2) is 27.8. The maximum absolute atomic E-state index is 12.5. The Morgan fingerprint density at radius 1 is 0.714 bits per heavy atom. The van der Waals surface area contributed by atoms with E-state index in [4.69, 9.17) is 18.5 Å². The fourth-order valence-electron chi connectivity index (χ4n) is 4.36. The van der Waals surface area contributed by atoms with Crippen LogP contribution in [0.5, 0.6) is 0 Å². The van der Waals surface area contributed by atoms with Crippen molar-refractivity contribution in [1.82, 2.24) is 0 Å². The van der Waals surface area contributed by atoms with E-state index in [1.807, 2.05) is 21.1 Å². The Bertz CT molecular complexity index is 696. The number of unbranched alkanes of at least 4 members (excludes halogenated alkanes) is 15. The fourth-order valence-corrected chi connectivity index (χ4v) is 5.09. The summed E-state index contributed by atoms with van der Waals surface area (Å²) in [6.45, 7) is 5.34. The summed E-state index contributed by atoms with van der Waals surface area (Å²) >= 11 is 0. The highest BCUT2D eigenvalue weighted by molar-refractivity contribution is 7.45. The lowest BCUT2D eigenvalue weighted by Gasteiger charge is -2.28. The molecule has 0 aromatic heterocycles. The predicted octanol–water partition coefficient (Wildman–Crippen LogP) is 8.13. The van der Waals surface area contributed by atoms with Crippen LogP contribution >= 0.6 is 7.82 Å². The van der Waals surface area contributed by atoms with Crippen LogP contribution in [0.2, 0.25) is 0 Å². The van der Waals surface area contributed by atoms with Crippen LogP contribution in [0.25, 0.3) is 0 Å². The van der Waals surface area contributed by atoms with Gasteiger partial charge in [0.1, 0.15) is 19.3 Å². The number of phosphoric acid groups is 1. The summed E-state index contributed by atoms with van der Waals surface area (Å²) in [5.74, 6) is -0.346. The molecular formula is C33H66NO7P. The number of quaternary nitrogens is 1. The molecule has 0 spiro atoms. The van der Waals surface area contributed by atoms with E-state index in [1.165, 1.54) is 70.6 Å². The number of hydrogen-bond donors (Lipinski definition) is 0. The number of nitrogens with zero attached hydrogens (tertiary/aromatic N) is 1. The van der Waals surface area contributed by atoms with E-state index >= 15 is 0 Å². The van der Waals surface area contributed by atoms with Gasteiger partial charge in [0.25, 0.3) is 7.82 Å². The zero-order chi connectivity index (χ0) is 31.4. The maximum Gasteiger partial charge on any atom is 0.306 e. The largest absolute Gasteiger partial charge is 0.756 e. The number of carbonyl (C=O) groups excluding carboxylic acids is 1. The molecule has 0 amide bonds. The van der Waals surface area contributed by atoms with Crippen molar-refractivity contribution in [1.29, 1.82) is 0 Å². The van der Waals surface area contributed by atoms with Gasteiger partial charge in [0.15, 0.2) is 0 Å². The fraction of sp³-hybridized carbons (Fsp3) is 0.909. The molecule has 0 saturated heterocycles. The molecule has 0 heterocycles. The molecule has 42 heavy (non-hydrogen) atoms. The lowest BCUT2D eigenvalue weighted by Crippen LogP contribution is -2.37. The molecule has 0 aromatic rings. The Labute approximate surface area is 259 Å². The van der Waals surface area contributed by atoms with E-state index < -0.39 is 13.9 Å². The minimum Gasteiger partial charge on any atom is -0.756 e. The third-order valence-corrected chi connectivity index (χ3v) is 8.03. The van der Waals surface area contributed by atoms with Gasteiger partial charge in [0.2, 0.25) is 0 Å². The quantitative estimate of drug-likeness (QED) is 0.0254. The van der Waals surface area contributed by atoms with Crippen LogP contribution in [0.4, 0.5) is 0 Å². The average molecular weight is 620 g/mol. The number of likely N-dealkylation sites (N-methyl/N-ethyl adjacent to an activating group) is 1. The van der Waals surface area contributed by atoms with Crippen LogP contribution in [-0.2, 0) is 27.9 Å². The summed E-state index contributed by atoms with van der Waals surface area (Å²) in [5.41, 5.74) is 0. The van der Waals surface area contributed by atoms with E-state index in [0.717, 1.165) is 44.9 Å². The van der Waals surface area contributed by atoms with Gasteiger partial charge in [-0.1, -0.05) is 103 Å². The molecule has 0 saturated carbocycles. The number of hydrogen-bond acceptors (Lipinski definition) is 7. The van der Waals surface area contributed by atoms with Crippen LogP contribution in [0, 0.1) is 0 Å². The highest BCUT2D eigenvalue weighted by Gasteiger charge is 2.20. The van der Waals surface area contributed by atoms with Crippen molar-refractivity contribution in [2.75, 3.05) is 54.1 Å². The molecule has 0 bridgehead atoms. The first-order valence-corrected chi connectivity index (χ1v) is 18.4. The summed E-state index contributed by atoms with van der Waals surface area (Å²) in [6, 6.07) is 0. The molecule has 0 radical (unpaired) electrons. The van der Waals surface area contributed by atoms with Gasteiger partial charge in [-0.15, -0.1) is 0 Å². The molecule has 8 nitrogen and oxygen atoms in total. The Kier molecular flexibility index (Phi) is 27.3. The van der Waals surface area contributed by atoms with Crippen molar-refractivity contribution >= 4 is 13.8 Å². The first-order chi connectivity index (χ1) is 20.1. The second-order valence-corrected chi connectivity index (χ2v) is 13.9. The van der Waals surface area contributed by atoms with Gasteiger partial charge in [0, 0.05) is 13.0 Å². The van der Waals surface area contributed by atoms with Gasteiger partial charge in [-0.3, -0.25) is 9.36 Å². The highest BCUT2D eigenvalue weighted by atomic mass is 31.2. The molecule has 0 aliphatic rings. The second-order valence-electron chi connectivity index (χ2n) is 12.5. The smallest absolute Gasteiger partial charge is 0.306 e. The van der Waals surface area contributed by atoms with E-state index in [1.54, 1.807) is 0 Å². The Hall–Kier alpha value is -0.760. The highest BCUT2D eigenvalue weighted by Crippen LogP contribution is 2.38. The van der Waals surface area contributed by atoms with E-state index in [2.05, 4.69) is 26.0 Å². The molecular weight excluding hydrogens is 553 g/mol. The SMILES string of the molecule is CCCCCC/C=C\CCCCCCCC(=O)OC(COCCCCCCCCC)COP(=O)([O-])OCC[N+](C)(C)C. The monoisotopic (exact) mass is 619 g/mol. The summed E-state index contributed by atoms with van der Waals surface area (Å²) in [6.07, 6.45) is 25.1. The minimum atomic E-state index is -4.50. The number of carbonyl (C=O) groups is 1. The summed E-state index contributed by atoms with van der Waals surface area (Å²) in [7, 11) is 1.35. The van der Waals surface area contributed by atoms with Crippen molar-refractivity contribution in [3.63, 3.8) is 0 Å². The first kappa shape index (κ1) is 41.2. The van der Waals surface area contributed by atoms with E-state index in [-0.39, 0.29) is 25.8 Å². The molecule has 0 fully saturated rings. The molecule has 250 valence electrons. The maximum atomic E-state index is 12.5. The third-order valence-electron chi connectivity index (χ3n) is 7.07. The number of esters is 1. The van der Waals surface area contributed by atoms with Gasteiger partial charge < -0.3 is 27.9 Å². The zero-order valence-electron chi connectivity index (χ0n) is 28.0. The van der Waals surface area contributed by atoms with Crippen molar-refractivity contribution in [2.24, 2.45) is 0 Å². The zero-order valence-corrected chi connectivity index (χ0v) is 28.8. The van der Waals surface area contributed by atoms with Gasteiger partial charge in [-0.05, 0) is 38.5 Å². The molecule has 0 aliphatic heterocycles. The molecule has 2 unspecified atom stereocenters. The van der Waals surface area contributed by atoms with Gasteiger partial charge in [-0.25, -0.2) is 0 Å². The summed E-state index contributed by atoms with van der Waals surface area (Å²) < 4.78 is 34.2. The van der Waals surface area contributed by atoms with Crippen LogP contribution in [0.3, 0.4) is 0 Å². The van der Waals surface area contributed by atoms with Crippen molar-refractivity contribution in [2.45, 2.75) is 142 Å². The molecule has 0 N–H and O–H groups in total. The van der Waals surface area contributed by atoms with Crippen LogP contribution < -0.4 is 4.89 Å². The lowest BCUT2D eigenvalue weighted by molar-refractivity contribution is -0.870. The average Bonchev–Trinajstić information content (AvgIpc) is 2.92. The third kappa shape index (κ3) is 30.7. The Balaban J connectivity index is 4.33. The lowest BCUT2D eigenvalue weighted by atomic mass is 10.1. The van der Waals surface area contributed by atoms with Crippen LogP contribution in [0.1, 0.15) is 136 Å². The molecule has 0 aliphatic carbocycles. The topological polar surface area (TPSA) is 94.1 Å². The minimum absolute atomic E-state index is 0.0266. The summed E-state index contributed by atoms with van der Waals surface area (Å²) in [4.78, 5) is 24.7. The van der Waals surface area contributed by atoms with Crippen molar-refractivity contribution in [3.8, 4) is 0 Å². The molecule has 2 atom stereocenters. The predicted molar refractivity (Wildman–Crippen MR) is 171 cm³/mol. The van der Waals surface area contributed by atoms with Crippen molar-refractivity contribution in [3.05, 3.63) is 12.2 Å². The van der Waals surface area contributed by atoms with E-state index in [9.17, 15) is 14.3 Å². The number of phosphoric ester groups is 1. The van der Waals surface area contributed by atoms with Crippen LogP contribution in [0.15, 0.2) is 12.2 Å². The Morgan fingerprint density at radius 3 is 1.83 bits per heavy atom. The molecule has 0 rings (SSSR count). The van der Waals surface area contributed by atoms with Gasteiger partial charge in [-0.2, -0.15) is 0 Å². The number of rotatable bonds is 31.